The highest BCUT2D eigenvalue weighted by Gasteiger charge is 2.15. The third kappa shape index (κ3) is 2.31. The molecule has 0 saturated carbocycles. The van der Waals surface area contributed by atoms with Gasteiger partial charge in [0, 0.05) is 11.1 Å². The van der Waals surface area contributed by atoms with Crippen LogP contribution in [-0.4, -0.2) is 11.7 Å². The molecule has 1 aromatic rings. The normalized spacial score (nSPS) is 10.5. The zero-order valence-corrected chi connectivity index (χ0v) is 10.8. The molecule has 2 heteroatoms. The van der Waals surface area contributed by atoms with Crippen molar-refractivity contribution in [2.24, 2.45) is 0 Å². The molecule has 0 bridgehead atoms. The molecule has 0 radical (unpaired) electrons. The predicted octanol–water partition coefficient (Wildman–Crippen LogP) is 3.48. The maximum atomic E-state index is 9.97. The molecule has 0 spiro atoms. The molecule has 0 aliphatic rings. The van der Waals surface area contributed by atoms with Gasteiger partial charge in [-0.2, -0.15) is 0 Å². The molecule has 0 fully saturated rings. The van der Waals surface area contributed by atoms with E-state index in [1.165, 1.54) is 5.56 Å². The monoisotopic (exact) mass is 222 g/mol. The van der Waals surface area contributed by atoms with Crippen molar-refractivity contribution in [1.29, 1.82) is 0 Å². The number of aryl methyl sites for hydroxylation is 1. The van der Waals surface area contributed by atoms with Crippen LogP contribution in [0.4, 0.5) is 0 Å². The van der Waals surface area contributed by atoms with E-state index in [0.29, 0.717) is 12.4 Å². The standard InChI is InChI=1S/C14H22O2/c1-5-10-9-13(15)11(6-2)12(7-3)14(10)16-8-4/h9,15H,5-8H2,1-4H3. The van der Waals surface area contributed by atoms with Crippen LogP contribution in [0.15, 0.2) is 6.07 Å². The molecule has 1 rings (SSSR count). The van der Waals surface area contributed by atoms with Crippen molar-refractivity contribution < 1.29 is 9.84 Å². The molecule has 0 atom stereocenters. The number of benzene rings is 1. The quantitative estimate of drug-likeness (QED) is 0.826. The summed E-state index contributed by atoms with van der Waals surface area (Å²) in [6.45, 7) is 8.93. The van der Waals surface area contributed by atoms with Crippen LogP contribution < -0.4 is 4.74 Å². The van der Waals surface area contributed by atoms with Gasteiger partial charge in [0.15, 0.2) is 0 Å². The Kier molecular flexibility index (Phi) is 4.66. The van der Waals surface area contributed by atoms with Crippen molar-refractivity contribution in [2.45, 2.75) is 47.0 Å². The van der Waals surface area contributed by atoms with Crippen LogP contribution >= 0.6 is 0 Å². The van der Waals surface area contributed by atoms with E-state index in [1.54, 1.807) is 0 Å². The van der Waals surface area contributed by atoms with Crippen molar-refractivity contribution >= 4 is 0 Å². The fraction of sp³-hybridized carbons (Fsp3) is 0.571. The van der Waals surface area contributed by atoms with Crippen LogP contribution in [-0.2, 0) is 19.3 Å². The zero-order chi connectivity index (χ0) is 12.1. The molecule has 0 aliphatic heterocycles. The van der Waals surface area contributed by atoms with Crippen LogP contribution in [0.25, 0.3) is 0 Å². The third-order valence-corrected chi connectivity index (χ3v) is 2.93. The lowest BCUT2D eigenvalue weighted by Crippen LogP contribution is -2.03. The van der Waals surface area contributed by atoms with Gasteiger partial charge in [0.05, 0.1) is 6.61 Å². The summed E-state index contributed by atoms with van der Waals surface area (Å²) in [5, 5.41) is 9.97. The Morgan fingerprint density at radius 2 is 1.62 bits per heavy atom. The van der Waals surface area contributed by atoms with E-state index in [0.717, 1.165) is 36.1 Å². The van der Waals surface area contributed by atoms with Crippen LogP contribution in [0.5, 0.6) is 11.5 Å². The topological polar surface area (TPSA) is 29.5 Å². The zero-order valence-electron chi connectivity index (χ0n) is 10.8. The maximum Gasteiger partial charge on any atom is 0.126 e. The first-order valence-corrected chi connectivity index (χ1v) is 6.18. The van der Waals surface area contributed by atoms with Gasteiger partial charge in [-0.1, -0.05) is 20.8 Å². The Labute approximate surface area is 98.3 Å². The highest BCUT2D eigenvalue weighted by atomic mass is 16.5. The Morgan fingerprint density at radius 1 is 1.00 bits per heavy atom. The average molecular weight is 222 g/mol. The van der Waals surface area contributed by atoms with Crippen LogP contribution in [0.1, 0.15) is 44.4 Å². The summed E-state index contributed by atoms with van der Waals surface area (Å²) in [4.78, 5) is 0. The second-order valence-electron chi connectivity index (χ2n) is 3.83. The summed E-state index contributed by atoms with van der Waals surface area (Å²) in [6.07, 6.45) is 2.64. The first-order valence-electron chi connectivity index (χ1n) is 6.18. The fourth-order valence-corrected chi connectivity index (χ4v) is 2.16. The summed E-state index contributed by atoms with van der Waals surface area (Å²) in [6, 6.07) is 1.85. The molecule has 1 aromatic carbocycles. The van der Waals surface area contributed by atoms with Crippen LogP contribution in [0.3, 0.4) is 0 Å². The van der Waals surface area contributed by atoms with Gasteiger partial charge in [-0.05, 0) is 37.8 Å². The van der Waals surface area contributed by atoms with E-state index >= 15 is 0 Å². The predicted molar refractivity (Wildman–Crippen MR) is 67.4 cm³/mol. The molecular weight excluding hydrogens is 200 g/mol. The molecule has 0 saturated heterocycles. The largest absolute Gasteiger partial charge is 0.508 e. The molecule has 0 aliphatic carbocycles. The van der Waals surface area contributed by atoms with Gasteiger partial charge in [0.2, 0.25) is 0 Å². The van der Waals surface area contributed by atoms with E-state index in [1.807, 2.05) is 13.0 Å². The molecule has 90 valence electrons. The molecule has 0 heterocycles. The maximum absolute atomic E-state index is 9.97. The van der Waals surface area contributed by atoms with Crippen molar-refractivity contribution in [3.05, 3.63) is 22.8 Å². The molecule has 2 nitrogen and oxygen atoms in total. The van der Waals surface area contributed by atoms with Gasteiger partial charge < -0.3 is 9.84 Å². The van der Waals surface area contributed by atoms with Crippen LogP contribution in [0, 0.1) is 0 Å². The number of hydrogen-bond acceptors (Lipinski definition) is 2. The minimum absolute atomic E-state index is 0.416. The average Bonchev–Trinajstić information content (AvgIpc) is 2.30. The second kappa shape index (κ2) is 5.78. The number of phenols is 1. The van der Waals surface area contributed by atoms with Crippen molar-refractivity contribution in [1.82, 2.24) is 0 Å². The molecule has 0 unspecified atom stereocenters. The Hall–Kier alpha value is -1.18. The van der Waals surface area contributed by atoms with E-state index in [9.17, 15) is 5.11 Å². The number of rotatable bonds is 5. The van der Waals surface area contributed by atoms with Gasteiger partial charge in [0.25, 0.3) is 0 Å². The first-order chi connectivity index (χ1) is 7.69. The SMILES string of the molecule is CCOc1c(CC)cc(O)c(CC)c1CC. The summed E-state index contributed by atoms with van der Waals surface area (Å²) >= 11 is 0. The Balaban J connectivity index is 3.39. The number of phenolic OH excluding ortho intramolecular Hbond substituents is 1. The van der Waals surface area contributed by atoms with Crippen molar-refractivity contribution in [3.63, 3.8) is 0 Å². The summed E-state index contributed by atoms with van der Waals surface area (Å²) in [7, 11) is 0. The van der Waals surface area contributed by atoms with Crippen molar-refractivity contribution in [3.8, 4) is 11.5 Å². The Bertz CT molecular complexity index is 356. The highest BCUT2D eigenvalue weighted by Crippen LogP contribution is 2.35. The molecule has 0 aromatic heterocycles. The van der Waals surface area contributed by atoms with Gasteiger partial charge in [0.1, 0.15) is 11.5 Å². The van der Waals surface area contributed by atoms with Gasteiger partial charge in [-0.3, -0.25) is 0 Å². The molecule has 0 amide bonds. The van der Waals surface area contributed by atoms with E-state index in [-0.39, 0.29) is 0 Å². The lowest BCUT2D eigenvalue weighted by Gasteiger charge is -2.18. The van der Waals surface area contributed by atoms with Crippen LogP contribution in [0.2, 0.25) is 0 Å². The Morgan fingerprint density at radius 3 is 2.06 bits per heavy atom. The molecular formula is C14H22O2. The lowest BCUT2D eigenvalue weighted by atomic mass is 9.96. The minimum Gasteiger partial charge on any atom is -0.508 e. The van der Waals surface area contributed by atoms with E-state index in [4.69, 9.17) is 4.74 Å². The number of aromatic hydroxyl groups is 1. The van der Waals surface area contributed by atoms with Gasteiger partial charge in [-0.25, -0.2) is 0 Å². The minimum atomic E-state index is 0.416. The number of ether oxygens (including phenoxy) is 1. The molecule has 1 N–H and O–H groups in total. The van der Waals surface area contributed by atoms with Gasteiger partial charge >= 0.3 is 0 Å². The first kappa shape index (κ1) is 12.9. The summed E-state index contributed by atoms with van der Waals surface area (Å²) in [5.41, 5.74) is 3.30. The van der Waals surface area contributed by atoms with E-state index < -0.39 is 0 Å². The number of hydrogen-bond donors (Lipinski definition) is 1. The lowest BCUT2D eigenvalue weighted by molar-refractivity contribution is 0.331. The molecule has 16 heavy (non-hydrogen) atoms. The fourth-order valence-electron chi connectivity index (χ4n) is 2.16. The summed E-state index contributed by atoms with van der Waals surface area (Å²) < 4.78 is 5.74. The van der Waals surface area contributed by atoms with E-state index in [2.05, 4.69) is 20.8 Å². The van der Waals surface area contributed by atoms with Gasteiger partial charge in [-0.15, -0.1) is 0 Å². The summed E-state index contributed by atoms with van der Waals surface area (Å²) in [5.74, 6) is 1.40. The third-order valence-electron chi connectivity index (χ3n) is 2.93. The highest BCUT2D eigenvalue weighted by molar-refractivity contribution is 5.53. The second-order valence-corrected chi connectivity index (χ2v) is 3.83. The van der Waals surface area contributed by atoms with Crippen molar-refractivity contribution in [2.75, 3.05) is 6.61 Å². The smallest absolute Gasteiger partial charge is 0.126 e.